The molecule has 2 rings (SSSR count). The lowest BCUT2D eigenvalue weighted by Crippen LogP contribution is -2.50. The number of rotatable bonds is 9. The van der Waals surface area contributed by atoms with Crippen LogP contribution >= 0.6 is 0 Å². The van der Waals surface area contributed by atoms with Crippen LogP contribution in [0.15, 0.2) is 42.5 Å². The van der Waals surface area contributed by atoms with Gasteiger partial charge in [-0.05, 0) is 86.8 Å². The Hall–Kier alpha value is -2.92. The number of aliphatic carboxylic acids is 1. The molecule has 38 heavy (non-hydrogen) atoms. The molecule has 0 aliphatic heterocycles. The minimum absolute atomic E-state index is 0.234. The summed E-state index contributed by atoms with van der Waals surface area (Å²) in [5.74, 6) is -1.35. The summed E-state index contributed by atoms with van der Waals surface area (Å²) in [6.45, 7) is 19.3. The van der Waals surface area contributed by atoms with Gasteiger partial charge in [-0.25, -0.2) is 4.79 Å². The van der Waals surface area contributed by atoms with Crippen molar-refractivity contribution in [3.8, 4) is 0 Å². The molecule has 0 aliphatic rings. The Balaban J connectivity index is 2.51. The van der Waals surface area contributed by atoms with Gasteiger partial charge in [0.2, 0.25) is 0 Å². The van der Waals surface area contributed by atoms with Crippen LogP contribution < -0.4 is 0 Å². The zero-order valence-corrected chi connectivity index (χ0v) is 25.2. The number of benzene rings is 2. The topological polar surface area (TPSA) is 77.8 Å². The largest absolute Gasteiger partial charge is 0.480 e. The zero-order valence-electron chi connectivity index (χ0n) is 25.2. The van der Waals surface area contributed by atoms with Gasteiger partial charge >= 0.3 is 5.97 Å². The number of aliphatic hydroxyl groups is 1. The lowest BCUT2D eigenvalue weighted by atomic mass is 9.69. The predicted octanol–water partition coefficient (Wildman–Crippen LogP) is 7.16. The summed E-state index contributed by atoms with van der Waals surface area (Å²) in [7, 11) is 1.53. The molecule has 0 saturated carbocycles. The summed E-state index contributed by atoms with van der Waals surface area (Å²) in [6, 6.07) is 12.4. The van der Waals surface area contributed by atoms with E-state index in [4.69, 9.17) is 0 Å². The van der Waals surface area contributed by atoms with Crippen LogP contribution in [0.2, 0.25) is 0 Å². The van der Waals surface area contributed by atoms with E-state index in [2.05, 4.69) is 45.0 Å². The fourth-order valence-corrected chi connectivity index (χ4v) is 4.67. The maximum absolute atomic E-state index is 13.2. The predicted molar refractivity (Wildman–Crippen MR) is 157 cm³/mol. The standard InChI is InChI=1S/C33H47NO4/c1-12-33(13-2,25-15-14-24(22(3)20-25)18-19-32(10,38)30(5,6)7)26-16-17-27(23(4)21-26)28(35)34(11)31(8,9)29(36)37/h14-21,38H,12-13H2,1-11H3,(H,36,37)/b19-18+. The molecule has 2 aromatic carbocycles. The zero-order chi connectivity index (χ0) is 29.3. The molecule has 0 heterocycles. The van der Waals surface area contributed by atoms with Gasteiger partial charge in [0.1, 0.15) is 5.54 Å². The monoisotopic (exact) mass is 521 g/mol. The van der Waals surface area contributed by atoms with Crippen molar-refractivity contribution in [2.45, 2.75) is 98.6 Å². The molecular formula is C33H47NO4. The van der Waals surface area contributed by atoms with Gasteiger partial charge in [-0.3, -0.25) is 4.79 Å². The summed E-state index contributed by atoms with van der Waals surface area (Å²) in [5.41, 5.74) is 3.13. The van der Waals surface area contributed by atoms with Crippen molar-refractivity contribution in [2.24, 2.45) is 5.41 Å². The van der Waals surface area contributed by atoms with Crippen LogP contribution in [0.25, 0.3) is 6.08 Å². The summed E-state index contributed by atoms with van der Waals surface area (Å²) < 4.78 is 0. The van der Waals surface area contributed by atoms with E-state index < -0.39 is 17.1 Å². The van der Waals surface area contributed by atoms with Gasteiger partial charge in [-0.15, -0.1) is 0 Å². The Bertz CT molecular complexity index is 1210. The maximum atomic E-state index is 13.2. The summed E-state index contributed by atoms with van der Waals surface area (Å²) >= 11 is 0. The number of carbonyl (C=O) groups excluding carboxylic acids is 1. The number of hydrogen-bond donors (Lipinski definition) is 2. The second-order valence-electron chi connectivity index (χ2n) is 12.3. The van der Waals surface area contributed by atoms with Crippen molar-refractivity contribution in [3.05, 3.63) is 75.9 Å². The average Bonchev–Trinajstić information content (AvgIpc) is 2.83. The highest BCUT2D eigenvalue weighted by molar-refractivity contribution is 5.98. The van der Waals surface area contributed by atoms with Crippen LogP contribution in [0.1, 0.15) is 106 Å². The molecule has 2 aromatic rings. The third-order valence-corrected chi connectivity index (χ3v) is 8.81. The van der Waals surface area contributed by atoms with Crippen molar-refractivity contribution >= 4 is 18.0 Å². The summed E-state index contributed by atoms with van der Waals surface area (Å²) in [5, 5.41) is 20.4. The molecular weight excluding hydrogens is 474 g/mol. The molecule has 1 amide bonds. The summed E-state index contributed by atoms with van der Waals surface area (Å²) in [6.07, 6.45) is 5.65. The van der Waals surface area contributed by atoms with Crippen molar-refractivity contribution in [3.63, 3.8) is 0 Å². The van der Waals surface area contributed by atoms with Gasteiger partial charge in [0.25, 0.3) is 5.91 Å². The summed E-state index contributed by atoms with van der Waals surface area (Å²) in [4.78, 5) is 26.2. The quantitative estimate of drug-likeness (QED) is 0.367. The van der Waals surface area contributed by atoms with Crippen LogP contribution in [-0.2, 0) is 10.2 Å². The number of amides is 1. The third kappa shape index (κ3) is 5.88. The van der Waals surface area contributed by atoms with E-state index in [1.54, 1.807) is 0 Å². The number of hydrogen-bond acceptors (Lipinski definition) is 3. The highest BCUT2D eigenvalue weighted by Gasteiger charge is 2.37. The Morgan fingerprint density at radius 3 is 1.79 bits per heavy atom. The van der Waals surface area contributed by atoms with Gasteiger partial charge in [-0.1, -0.05) is 77.1 Å². The molecule has 2 N–H and O–H groups in total. The second-order valence-corrected chi connectivity index (χ2v) is 12.3. The number of carbonyl (C=O) groups is 2. The van der Waals surface area contributed by atoms with E-state index in [9.17, 15) is 19.8 Å². The van der Waals surface area contributed by atoms with Crippen LogP contribution in [0.3, 0.4) is 0 Å². The molecule has 0 fully saturated rings. The first-order valence-corrected chi connectivity index (χ1v) is 13.5. The average molecular weight is 522 g/mol. The molecule has 5 nitrogen and oxygen atoms in total. The van der Waals surface area contributed by atoms with Gasteiger partial charge in [-0.2, -0.15) is 0 Å². The lowest BCUT2D eigenvalue weighted by Gasteiger charge is -2.35. The molecule has 0 saturated heterocycles. The Kier molecular flexibility index (Phi) is 9.11. The third-order valence-electron chi connectivity index (χ3n) is 8.81. The molecule has 0 spiro atoms. The minimum atomic E-state index is -1.31. The molecule has 0 aliphatic carbocycles. The van der Waals surface area contributed by atoms with E-state index >= 15 is 0 Å². The van der Waals surface area contributed by atoms with E-state index in [1.807, 2.05) is 58.9 Å². The fraction of sp³-hybridized carbons (Fsp3) is 0.515. The normalized spacial score (nSPS) is 14.4. The smallest absolute Gasteiger partial charge is 0.329 e. The van der Waals surface area contributed by atoms with Crippen molar-refractivity contribution in [1.29, 1.82) is 0 Å². The molecule has 0 radical (unpaired) electrons. The second kappa shape index (κ2) is 11.1. The Labute approximate surface area is 229 Å². The molecule has 0 bridgehead atoms. The van der Waals surface area contributed by atoms with Crippen molar-refractivity contribution < 1.29 is 19.8 Å². The lowest BCUT2D eigenvalue weighted by molar-refractivity contribution is -0.147. The fourth-order valence-electron chi connectivity index (χ4n) is 4.67. The van der Waals surface area contributed by atoms with E-state index in [-0.39, 0.29) is 16.7 Å². The minimum Gasteiger partial charge on any atom is -0.480 e. The van der Waals surface area contributed by atoms with Gasteiger partial charge < -0.3 is 15.1 Å². The molecule has 1 unspecified atom stereocenters. The number of carboxylic acids is 1. The van der Waals surface area contributed by atoms with Crippen LogP contribution in [0, 0.1) is 19.3 Å². The number of aryl methyl sites for hydroxylation is 2. The van der Waals surface area contributed by atoms with E-state index in [0.29, 0.717) is 5.56 Å². The maximum Gasteiger partial charge on any atom is 0.329 e. The number of carboxylic acid groups (broad SMARTS) is 1. The van der Waals surface area contributed by atoms with Crippen LogP contribution in [-0.4, -0.2) is 45.2 Å². The van der Waals surface area contributed by atoms with E-state index in [1.165, 1.54) is 31.4 Å². The molecule has 5 heteroatoms. The molecule has 1 atom stereocenters. The Morgan fingerprint density at radius 1 is 0.868 bits per heavy atom. The van der Waals surface area contributed by atoms with Crippen molar-refractivity contribution in [1.82, 2.24) is 4.90 Å². The first kappa shape index (κ1) is 31.3. The highest BCUT2D eigenvalue weighted by atomic mass is 16.4. The van der Waals surface area contributed by atoms with Crippen LogP contribution in [0.5, 0.6) is 0 Å². The van der Waals surface area contributed by atoms with Crippen molar-refractivity contribution in [2.75, 3.05) is 7.05 Å². The van der Waals surface area contributed by atoms with Gasteiger partial charge in [0.05, 0.1) is 5.60 Å². The van der Waals surface area contributed by atoms with Gasteiger partial charge in [0.15, 0.2) is 0 Å². The molecule has 208 valence electrons. The van der Waals surface area contributed by atoms with Gasteiger partial charge in [0, 0.05) is 18.0 Å². The van der Waals surface area contributed by atoms with Crippen LogP contribution in [0.4, 0.5) is 0 Å². The highest BCUT2D eigenvalue weighted by Crippen LogP contribution is 2.40. The number of nitrogens with zero attached hydrogens (tertiary/aromatic N) is 1. The van der Waals surface area contributed by atoms with E-state index in [0.717, 1.165) is 35.1 Å². The number of likely N-dealkylation sites (N-methyl/N-ethyl adjacent to an activating group) is 1. The Morgan fingerprint density at radius 2 is 1.37 bits per heavy atom. The first-order valence-electron chi connectivity index (χ1n) is 13.5. The first-order chi connectivity index (χ1) is 17.4. The SMILES string of the molecule is CCC(CC)(c1ccc(/C=C/C(C)(O)C(C)(C)C)c(C)c1)c1ccc(C(=O)N(C)C(C)(C)C(=O)O)c(C)c1. The molecule has 0 aromatic heterocycles.